The topological polar surface area (TPSA) is 46.5 Å². The quantitative estimate of drug-likeness (QED) is 0.771. The molecule has 0 aromatic carbocycles. The molecule has 19 heavy (non-hydrogen) atoms. The van der Waals surface area contributed by atoms with E-state index < -0.39 is 0 Å². The number of hydrogen-bond acceptors (Lipinski definition) is 4. The Balaban J connectivity index is 1.91. The summed E-state index contributed by atoms with van der Waals surface area (Å²) in [6.45, 7) is 4.15. The highest BCUT2D eigenvalue weighted by Gasteiger charge is 2.46. The van der Waals surface area contributed by atoms with Crippen LogP contribution in [0.4, 0.5) is 0 Å². The zero-order chi connectivity index (χ0) is 12.9. The Morgan fingerprint density at radius 3 is 3.05 bits per heavy atom. The van der Waals surface area contributed by atoms with Crippen molar-refractivity contribution >= 4 is 11.8 Å². The average molecular weight is 255 g/mol. The minimum Gasteiger partial charge on any atom is -0.479 e. The molecule has 3 aliphatic rings. The molecule has 4 rings (SSSR count). The standard InChI is InChI=1S/C15H17N3O/c1-10-9-18-14-12(10)13-11(3-2-6-17-13)19-15(14)4-7-16-8-5-15/h2-3,6,9-10,16H,4-5,7-8H2,1H3. The molecule has 0 amide bonds. The molecule has 0 radical (unpaired) electrons. The molecule has 4 heterocycles. The van der Waals surface area contributed by atoms with Crippen LogP contribution < -0.4 is 10.1 Å². The predicted octanol–water partition coefficient (Wildman–Crippen LogP) is 2.03. The van der Waals surface area contributed by atoms with Gasteiger partial charge < -0.3 is 10.1 Å². The second-order valence-corrected chi connectivity index (χ2v) is 5.53. The number of pyridine rings is 1. The Labute approximate surface area is 112 Å². The lowest BCUT2D eigenvalue weighted by molar-refractivity contribution is 0.0678. The molecule has 98 valence electrons. The molecule has 3 aliphatic heterocycles. The maximum Gasteiger partial charge on any atom is 0.154 e. The summed E-state index contributed by atoms with van der Waals surface area (Å²) in [6.07, 6.45) is 5.81. The second kappa shape index (κ2) is 3.90. The number of piperidine rings is 1. The maximum atomic E-state index is 6.35. The summed E-state index contributed by atoms with van der Waals surface area (Å²) >= 11 is 0. The minimum absolute atomic E-state index is 0.238. The molecule has 0 aliphatic carbocycles. The maximum absolute atomic E-state index is 6.35. The van der Waals surface area contributed by atoms with Crippen molar-refractivity contribution in [3.05, 3.63) is 29.7 Å². The third-order valence-corrected chi connectivity index (χ3v) is 4.31. The van der Waals surface area contributed by atoms with Gasteiger partial charge in [0, 0.05) is 36.7 Å². The number of nitrogens with one attached hydrogen (secondary N) is 1. The van der Waals surface area contributed by atoms with Gasteiger partial charge in [-0.05, 0) is 25.2 Å². The summed E-state index contributed by atoms with van der Waals surface area (Å²) in [6, 6.07) is 3.97. The SMILES string of the molecule is CC1C=NC2=C1c1ncccc1OC21CCNCC1. The fourth-order valence-electron chi connectivity index (χ4n) is 3.34. The first-order valence-corrected chi connectivity index (χ1v) is 6.94. The van der Waals surface area contributed by atoms with Crippen LogP contribution in [0.3, 0.4) is 0 Å². The molecule has 1 aromatic rings. The van der Waals surface area contributed by atoms with E-state index in [0.29, 0.717) is 5.92 Å². The van der Waals surface area contributed by atoms with Crippen molar-refractivity contribution in [3.8, 4) is 5.75 Å². The van der Waals surface area contributed by atoms with E-state index in [2.05, 4.69) is 22.2 Å². The van der Waals surface area contributed by atoms with Gasteiger partial charge in [-0.2, -0.15) is 0 Å². The fourth-order valence-corrected chi connectivity index (χ4v) is 3.34. The molecule has 1 fully saturated rings. The van der Waals surface area contributed by atoms with E-state index in [1.54, 1.807) is 0 Å². The van der Waals surface area contributed by atoms with E-state index >= 15 is 0 Å². The van der Waals surface area contributed by atoms with Gasteiger partial charge >= 0.3 is 0 Å². The fraction of sp³-hybridized carbons (Fsp3) is 0.467. The predicted molar refractivity (Wildman–Crippen MR) is 74.3 cm³/mol. The van der Waals surface area contributed by atoms with Gasteiger partial charge in [0.25, 0.3) is 0 Å². The first-order valence-electron chi connectivity index (χ1n) is 6.94. The lowest BCUT2D eigenvalue weighted by Crippen LogP contribution is -2.48. The first-order chi connectivity index (χ1) is 9.30. The summed E-state index contributed by atoms with van der Waals surface area (Å²) in [5, 5.41) is 3.40. The Kier molecular flexibility index (Phi) is 2.30. The van der Waals surface area contributed by atoms with Crippen molar-refractivity contribution in [1.29, 1.82) is 0 Å². The number of nitrogens with zero attached hydrogens (tertiary/aromatic N) is 2. The smallest absolute Gasteiger partial charge is 0.154 e. The monoisotopic (exact) mass is 255 g/mol. The number of rotatable bonds is 0. The minimum atomic E-state index is -0.238. The zero-order valence-corrected chi connectivity index (χ0v) is 11.0. The van der Waals surface area contributed by atoms with Crippen molar-refractivity contribution in [3.63, 3.8) is 0 Å². The molecule has 1 saturated heterocycles. The molecule has 1 N–H and O–H groups in total. The molecular weight excluding hydrogens is 238 g/mol. The van der Waals surface area contributed by atoms with Crippen LogP contribution in [-0.2, 0) is 0 Å². The van der Waals surface area contributed by atoms with Crippen molar-refractivity contribution in [2.75, 3.05) is 13.1 Å². The van der Waals surface area contributed by atoms with Crippen molar-refractivity contribution in [1.82, 2.24) is 10.3 Å². The zero-order valence-electron chi connectivity index (χ0n) is 11.0. The Morgan fingerprint density at radius 2 is 2.21 bits per heavy atom. The number of ether oxygens (including phenoxy) is 1. The van der Waals surface area contributed by atoms with Crippen molar-refractivity contribution < 1.29 is 4.74 Å². The van der Waals surface area contributed by atoms with Crippen LogP contribution in [0.25, 0.3) is 5.57 Å². The summed E-state index contributed by atoms with van der Waals surface area (Å²) in [5.74, 6) is 1.25. The number of allylic oxidation sites excluding steroid dienone is 1. The summed E-state index contributed by atoms with van der Waals surface area (Å²) in [7, 11) is 0. The Morgan fingerprint density at radius 1 is 1.37 bits per heavy atom. The normalized spacial score (nSPS) is 27.1. The van der Waals surface area contributed by atoms with Gasteiger partial charge in [0.15, 0.2) is 5.60 Å². The number of aliphatic imine (C=N–C) groups is 1. The number of fused-ring (bicyclic) bond motifs is 3. The number of hydrogen-bond donors (Lipinski definition) is 1. The highest BCUT2D eigenvalue weighted by molar-refractivity contribution is 5.91. The third kappa shape index (κ3) is 1.49. The molecule has 1 unspecified atom stereocenters. The molecule has 1 atom stereocenters. The van der Waals surface area contributed by atoms with Gasteiger partial charge in [0.05, 0.1) is 5.70 Å². The van der Waals surface area contributed by atoms with Crippen LogP contribution in [0.2, 0.25) is 0 Å². The van der Waals surface area contributed by atoms with Gasteiger partial charge in [0.2, 0.25) is 0 Å². The van der Waals surface area contributed by atoms with Crippen molar-refractivity contribution in [2.45, 2.75) is 25.4 Å². The molecule has 0 bridgehead atoms. The van der Waals surface area contributed by atoms with E-state index in [1.807, 2.05) is 24.5 Å². The second-order valence-electron chi connectivity index (χ2n) is 5.53. The molecule has 1 spiro atoms. The van der Waals surface area contributed by atoms with Crippen LogP contribution in [0.1, 0.15) is 25.5 Å². The van der Waals surface area contributed by atoms with E-state index in [0.717, 1.165) is 43.1 Å². The highest BCUT2D eigenvalue weighted by Crippen LogP contribution is 2.48. The lowest BCUT2D eigenvalue weighted by atomic mass is 9.82. The molecular formula is C15H17N3O. The van der Waals surface area contributed by atoms with Gasteiger partial charge in [0.1, 0.15) is 11.4 Å². The number of aromatic nitrogens is 1. The van der Waals surface area contributed by atoms with Crippen molar-refractivity contribution in [2.24, 2.45) is 10.9 Å². The molecule has 4 nitrogen and oxygen atoms in total. The van der Waals surface area contributed by atoms with E-state index in [4.69, 9.17) is 4.74 Å². The largest absolute Gasteiger partial charge is 0.479 e. The lowest BCUT2D eigenvalue weighted by Gasteiger charge is -2.41. The molecule has 0 saturated carbocycles. The van der Waals surface area contributed by atoms with Gasteiger partial charge in [-0.25, -0.2) is 0 Å². The van der Waals surface area contributed by atoms with E-state index in [-0.39, 0.29) is 5.60 Å². The Hall–Kier alpha value is -1.68. The summed E-state index contributed by atoms with van der Waals surface area (Å²) in [4.78, 5) is 9.19. The van der Waals surface area contributed by atoms with Gasteiger partial charge in [-0.1, -0.05) is 6.92 Å². The summed E-state index contributed by atoms with van der Waals surface area (Å²) < 4.78 is 6.35. The van der Waals surface area contributed by atoms with Gasteiger partial charge in [-0.3, -0.25) is 9.98 Å². The van der Waals surface area contributed by atoms with E-state index in [9.17, 15) is 0 Å². The van der Waals surface area contributed by atoms with Crippen LogP contribution in [0, 0.1) is 5.92 Å². The van der Waals surface area contributed by atoms with Crippen LogP contribution in [0.15, 0.2) is 29.0 Å². The van der Waals surface area contributed by atoms with Crippen LogP contribution >= 0.6 is 0 Å². The third-order valence-electron chi connectivity index (χ3n) is 4.31. The molecule has 1 aromatic heterocycles. The average Bonchev–Trinajstić information content (AvgIpc) is 2.84. The molecule has 4 heteroatoms. The van der Waals surface area contributed by atoms with Gasteiger partial charge in [-0.15, -0.1) is 0 Å². The van der Waals surface area contributed by atoms with E-state index in [1.165, 1.54) is 5.57 Å². The Bertz CT molecular complexity index is 585. The van der Waals surface area contributed by atoms with Crippen LogP contribution in [0.5, 0.6) is 5.75 Å². The first kappa shape index (κ1) is 11.2. The summed E-state index contributed by atoms with van der Waals surface area (Å²) in [5.41, 5.74) is 3.13. The highest BCUT2D eigenvalue weighted by atomic mass is 16.5. The van der Waals surface area contributed by atoms with Crippen LogP contribution in [-0.4, -0.2) is 29.9 Å².